The first-order valence-electron chi connectivity index (χ1n) is 5.38. The van der Waals surface area contributed by atoms with E-state index in [1.165, 1.54) is 0 Å². The van der Waals surface area contributed by atoms with Crippen LogP contribution in [0.5, 0.6) is 0 Å². The van der Waals surface area contributed by atoms with E-state index >= 15 is 0 Å². The Morgan fingerprint density at radius 1 is 1.36 bits per heavy atom. The van der Waals surface area contributed by atoms with Crippen LogP contribution in [0.4, 0.5) is 0 Å². The second kappa shape index (κ2) is 3.07. The van der Waals surface area contributed by atoms with Crippen molar-refractivity contribution < 1.29 is 9.59 Å². The highest BCUT2D eigenvalue weighted by atomic mass is 16.2. The molecule has 2 atom stereocenters. The molecule has 0 aromatic carbocycles. The number of hydrogen-bond acceptors (Lipinski definition) is 2. The summed E-state index contributed by atoms with van der Waals surface area (Å²) in [5, 5.41) is 0. The maximum absolute atomic E-state index is 12.0. The van der Waals surface area contributed by atoms with E-state index in [9.17, 15) is 9.59 Å². The second-order valence-corrected chi connectivity index (χ2v) is 4.69. The molecule has 1 aliphatic heterocycles. The van der Waals surface area contributed by atoms with Crippen LogP contribution in [0.2, 0.25) is 0 Å². The molecule has 1 spiro atoms. The SMILES string of the molecule is C[C@@H]1CN(C)C(=O)[C@]12CCCCC2=O. The average molecular weight is 195 g/mol. The minimum absolute atomic E-state index is 0.0645. The lowest BCUT2D eigenvalue weighted by molar-refractivity contribution is -0.147. The molecule has 3 heteroatoms. The number of amides is 1. The Kier molecular flexibility index (Phi) is 2.13. The van der Waals surface area contributed by atoms with Crippen LogP contribution in [-0.2, 0) is 9.59 Å². The zero-order valence-corrected chi connectivity index (χ0v) is 8.88. The Labute approximate surface area is 84.5 Å². The van der Waals surface area contributed by atoms with Crippen LogP contribution >= 0.6 is 0 Å². The topological polar surface area (TPSA) is 37.4 Å². The Bertz CT molecular complexity index is 287. The predicted octanol–water partition coefficient (Wildman–Crippen LogP) is 1.22. The van der Waals surface area contributed by atoms with Gasteiger partial charge in [-0.15, -0.1) is 0 Å². The molecule has 14 heavy (non-hydrogen) atoms. The normalized spacial score (nSPS) is 38.4. The average Bonchev–Trinajstić information content (AvgIpc) is 2.36. The van der Waals surface area contributed by atoms with Crippen molar-refractivity contribution in [2.75, 3.05) is 13.6 Å². The van der Waals surface area contributed by atoms with Gasteiger partial charge in [0.25, 0.3) is 0 Å². The molecule has 78 valence electrons. The maximum atomic E-state index is 12.0. The maximum Gasteiger partial charge on any atom is 0.236 e. The molecule has 1 saturated carbocycles. The number of carbonyl (C=O) groups is 2. The van der Waals surface area contributed by atoms with Crippen LogP contribution in [0.3, 0.4) is 0 Å². The van der Waals surface area contributed by atoms with E-state index in [-0.39, 0.29) is 17.6 Å². The molecule has 2 aliphatic rings. The Morgan fingerprint density at radius 3 is 2.57 bits per heavy atom. The summed E-state index contributed by atoms with van der Waals surface area (Å²) in [6.45, 7) is 2.77. The lowest BCUT2D eigenvalue weighted by Gasteiger charge is -2.32. The summed E-state index contributed by atoms with van der Waals surface area (Å²) in [5.41, 5.74) is -0.632. The number of Topliss-reactive ketones (excluding diaryl/α,β-unsaturated/α-hetero) is 1. The number of rotatable bonds is 0. The van der Waals surface area contributed by atoms with Crippen molar-refractivity contribution in [1.82, 2.24) is 4.90 Å². The summed E-state index contributed by atoms with van der Waals surface area (Å²) in [6.07, 6.45) is 3.36. The predicted molar refractivity (Wildman–Crippen MR) is 52.7 cm³/mol. The molecular formula is C11H17NO2. The lowest BCUT2D eigenvalue weighted by atomic mass is 9.67. The number of ketones is 1. The van der Waals surface area contributed by atoms with E-state index in [0.717, 1.165) is 25.8 Å². The largest absolute Gasteiger partial charge is 0.345 e. The summed E-state index contributed by atoms with van der Waals surface area (Å²) in [7, 11) is 1.80. The van der Waals surface area contributed by atoms with Crippen LogP contribution in [-0.4, -0.2) is 30.2 Å². The highest BCUT2D eigenvalue weighted by Crippen LogP contribution is 2.45. The quantitative estimate of drug-likeness (QED) is 0.545. The van der Waals surface area contributed by atoms with Crippen molar-refractivity contribution in [3.8, 4) is 0 Å². The van der Waals surface area contributed by atoms with Gasteiger partial charge in [0.1, 0.15) is 11.2 Å². The molecule has 3 nitrogen and oxygen atoms in total. The monoisotopic (exact) mass is 195 g/mol. The fourth-order valence-electron chi connectivity index (χ4n) is 3.00. The van der Waals surface area contributed by atoms with E-state index in [4.69, 9.17) is 0 Å². The van der Waals surface area contributed by atoms with E-state index in [0.29, 0.717) is 6.42 Å². The van der Waals surface area contributed by atoms with E-state index in [2.05, 4.69) is 0 Å². The van der Waals surface area contributed by atoms with Crippen LogP contribution in [0, 0.1) is 11.3 Å². The van der Waals surface area contributed by atoms with Gasteiger partial charge in [-0.1, -0.05) is 13.3 Å². The first kappa shape index (κ1) is 9.69. The number of carbonyl (C=O) groups excluding carboxylic acids is 2. The molecule has 1 saturated heterocycles. The minimum atomic E-state index is -0.632. The third-order valence-corrected chi connectivity index (χ3v) is 3.84. The van der Waals surface area contributed by atoms with Gasteiger partial charge in [-0.25, -0.2) is 0 Å². The molecule has 0 unspecified atom stereocenters. The fraction of sp³-hybridized carbons (Fsp3) is 0.818. The minimum Gasteiger partial charge on any atom is -0.345 e. The van der Waals surface area contributed by atoms with E-state index in [1.54, 1.807) is 11.9 Å². The van der Waals surface area contributed by atoms with Crippen molar-refractivity contribution >= 4 is 11.7 Å². The van der Waals surface area contributed by atoms with Gasteiger partial charge in [0.05, 0.1) is 0 Å². The lowest BCUT2D eigenvalue weighted by Crippen LogP contribution is -2.44. The summed E-state index contributed by atoms with van der Waals surface area (Å²) in [5.74, 6) is 0.452. The Balaban J connectivity index is 2.36. The molecule has 0 N–H and O–H groups in total. The molecule has 0 aromatic rings. The summed E-state index contributed by atoms with van der Waals surface area (Å²) in [6, 6.07) is 0. The first-order valence-corrected chi connectivity index (χ1v) is 5.38. The van der Waals surface area contributed by atoms with Crippen molar-refractivity contribution in [2.45, 2.75) is 32.6 Å². The number of nitrogens with zero attached hydrogens (tertiary/aromatic N) is 1. The van der Waals surface area contributed by atoms with Crippen molar-refractivity contribution in [2.24, 2.45) is 11.3 Å². The van der Waals surface area contributed by atoms with Crippen molar-refractivity contribution in [3.05, 3.63) is 0 Å². The van der Waals surface area contributed by atoms with Gasteiger partial charge < -0.3 is 4.90 Å². The zero-order chi connectivity index (χ0) is 10.3. The number of hydrogen-bond donors (Lipinski definition) is 0. The molecule has 2 rings (SSSR count). The highest BCUT2D eigenvalue weighted by Gasteiger charge is 2.55. The van der Waals surface area contributed by atoms with Gasteiger partial charge >= 0.3 is 0 Å². The summed E-state index contributed by atoms with van der Waals surface area (Å²) < 4.78 is 0. The fourth-order valence-corrected chi connectivity index (χ4v) is 3.00. The van der Waals surface area contributed by atoms with Gasteiger partial charge in [-0.3, -0.25) is 9.59 Å². The van der Waals surface area contributed by atoms with Gasteiger partial charge in [0.15, 0.2) is 0 Å². The van der Waals surface area contributed by atoms with Crippen LogP contribution in [0.25, 0.3) is 0 Å². The molecule has 0 bridgehead atoms. The Hall–Kier alpha value is -0.860. The Morgan fingerprint density at radius 2 is 2.07 bits per heavy atom. The highest BCUT2D eigenvalue weighted by molar-refractivity contribution is 6.08. The third kappa shape index (κ3) is 1.04. The molecule has 0 radical (unpaired) electrons. The second-order valence-electron chi connectivity index (χ2n) is 4.69. The summed E-state index contributed by atoms with van der Waals surface area (Å²) in [4.78, 5) is 25.7. The molecule has 1 amide bonds. The molecule has 1 heterocycles. The summed E-state index contributed by atoms with van der Waals surface area (Å²) >= 11 is 0. The molecule has 1 aliphatic carbocycles. The molecular weight excluding hydrogens is 178 g/mol. The van der Waals surface area contributed by atoms with Gasteiger partial charge in [-0.2, -0.15) is 0 Å². The van der Waals surface area contributed by atoms with Gasteiger partial charge in [-0.05, 0) is 18.8 Å². The number of likely N-dealkylation sites (tertiary alicyclic amines) is 1. The smallest absolute Gasteiger partial charge is 0.236 e. The third-order valence-electron chi connectivity index (χ3n) is 3.84. The first-order chi connectivity index (χ1) is 6.59. The van der Waals surface area contributed by atoms with E-state index in [1.807, 2.05) is 6.92 Å². The van der Waals surface area contributed by atoms with Crippen molar-refractivity contribution in [3.63, 3.8) is 0 Å². The molecule has 2 fully saturated rings. The zero-order valence-electron chi connectivity index (χ0n) is 8.88. The van der Waals surface area contributed by atoms with Gasteiger partial charge in [0, 0.05) is 20.0 Å². The van der Waals surface area contributed by atoms with Crippen LogP contribution in [0.15, 0.2) is 0 Å². The van der Waals surface area contributed by atoms with Crippen LogP contribution < -0.4 is 0 Å². The van der Waals surface area contributed by atoms with Crippen LogP contribution in [0.1, 0.15) is 32.6 Å². The van der Waals surface area contributed by atoms with Crippen molar-refractivity contribution in [1.29, 1.82) is 0 Å². The van der Waals surface area contributed by atoms with Gasteiger partial charge in [0.2, 0.25) is 5.91 Å². The molecule has 0 aromatic heterocycles. The van der Waals surface area contributed by atoms with E-state index < -0.39 is 5.41 Å². The standard InChI is InChI=1S/C11H17NO2/c1-8-7-12(2)10(14)11(8)6-4-3-5-9(11)13/h8H,3-7H2,1-2H3/t8-,11-/m1/s1.